The average Bonchev–Trinajstić information content (AvgIpc) is 3.34. The molecule has 1 aromatic heterocycles. The van der Waals surface area contributed by atoms with Gasteiger partial charge in [0.25, 0.3) is 5.91 Å². The monoisotopic (exact) mass is 394 g/mol. The first-order valence-electron chi connectivity index (χ1n) is 9.78. The first-order valence-corrected chi connectivity index (χ1v) is 9.78. The van der Waals surface area contributed by atoms with E-state index < -0.39 is 0 Å². The summed E-state index contributed by atoms with van der Waals surface area (Å²) in [5.74, 6) is 1.35. The van der Waals surface area contributed by atoms with Gasteiger partial charge in [0.05, 0.1) is 26.9 Å². The molecule has 0 spiro atoms. The minimum Gasteiger partial charge on any atom is -0.493 e. The van der Waals surface area contributed by atoms with Gasteiger partial charge in [-0.25, -0.2) is 0 Å². The first-order chi connectivity index (χ1) is 14.2. The molecule has 1 aliphatic rings. The lowest BCUT2D eigenvalue weighted by molar-refractivity contribution is 0.0938. The number of hydrogen-bond donors (Lipinski definition) is 1. The molecule has 29 heavy (non-hydrogen) atoms. The van der Waals surface area contributed by atoms with Gasteiger partial charge in [-0.05, 0) is 54.3 Å². The number of fused-ring (bicyclic) bond motifs is 2. The third-order valence-corrected chi connectivity index (χ3v) is 5.62. The van der Waals surface area contributed by atoms with Crippen LogP contribution in [0.5, 0.6) is 11.5 Å². The summed E-state index contributed by atoms with van der Waals surface area (Å²) in [4.78, 5) is 13.1. The molecule has 6 heteroatoms. The second kappa shape index (κ2) is 8.17. The molecule has 152 valence electrons. The van der Waals surface area contributed by atoms with E-state index in [9.17, 15) is 4.79 Å². The van der Waals surface area contributed by atoms with Gasteiger partial charge in [0.15, 0.2) is 11.5 Å². The van der Waals surface area contributed by atoms with Gasteiger partial charge in [0, 0.05) is 36.3 Å². The van der Waals surface area contributed by atoms with Crippen molar-refractivity contribution >= 4 is 16.8 Å². The van der Waals surface area contributed by atoms with Crippen LogP contribution in [0.25, 0.3) is 10.9 Å². The summed E-state index contributed by atoms with van der Waals surface area (Å²) in [7, 11) is 4.95. The van der Waals surface area contributed by atoms with Gasteiger partial charge in [-0.1, -0.05) is 6.07 Å². The summed E-state index contributed by atoms with van der Waals surface area (Å²) < 4.78 is 18.1. The average molecular weight is 394 g/mol. The predicted molar refractivity (Wildman–Crippen MR) is 112 cm³/mol. The molecular weight excluding hydrogens is 368 g/mol. The molecule has 1 atom stereocenters. The van der Waals surface area contributed by atoms with Crippen molar-refractivity contribution in [3.05, 3.63) is 59.3 Å². The molecule has 1 heterocycles. The Labute approximate surface area is 170 Å². The summed E-state index contributed by atoms with van der Waals surface area (Å²) in [6, 6.07) is 11.8. The third kappa shape index (κ3) is 3.56. The number of aryl methyl sites for hydroxylation is 1. The smallest absolute Gasteiger partial charge is 0.252 e. The SMILES string of the molecule is COCCn1ccc2c(C(=O)N[C@@H]3CCc4cc(OC)c(OC)cc43)cccc21. The molecule has 0 radical (unpaired) electrons. The zero-order chi connectivity index (χ0) is 20.4. The number of hydrogen-bond acceptors (Lipinski definition) is 4. The first kappa shape index (κ1) is 19.3. The van der Waals surface area contributed by atoms with Gasteiger partial charge in [0.1, 0.15) is 0 Å². The minimum absolute atomic E-state index is 0.0388. The number of carbonyl (C=O) groups is 1. The van der Waals surface area contributed by atoms with Crippen molar-refractivity contribution in [1.82, 2.24) is 9.88 Å². The number of nitrogens with one attached hydrogen (secondary N) is 1. The van der Waals surface area contributed by atoms with Gasteiger partial charge in [0.2, 0.25) is 0 Å². The van der Waals surface area contributed by atoms with E-state index in [4.69, 9.17) is 14.2 Å². The fourth-order valence-electron chi connectivity index (χ4n) is 4.13. The second-order valence-electron chi connectivity index (χ2n) is 7.21. The standard InChI is InChI=1S/C23H26N2O4/c1-27-12-11-25-10-9-16-17(5-4-6-20(16)25)23(26)24-19-8-7-15-13-21(28-2)22(29-3)14-18(15)19/h4-6,9-10,13-14,19H,7-8,11-12H2,1-3H3,(H,24,26)/t19-/m1/s1. The number of aromatic nitrogens is 1. The van der Waals surface area contributed by atoms with Crippen molar-refractivity contribution in [1.29, 1.82) is 0 Å². The molecule has 3 aromatic rings. The van der Waals surface area contributed by atoms with Crippen molar-refractivity contribution < 1.29 is 19.0 Å². The van der Waals surface area contributed by atoms with Crippen LogP contribution < -0.4 is 14.8 Å². The lowest BCUT2D eigenvalue weighted by Gasteiger charge is -2.17. The summed E-state index contributed by atoms with van der Waals surface area (Å²) in [5, 5.41) is 4.17. The molecule has 1 N–H and O–H groups in total. The zero-order valence-corrected chi connectivity index (χ0v) is 17.0. The Kier molecular flexibility index (Phi) is 5.45. The molecule has 2 aromatic carbocycles. The van der Waals surface area contributed by atoms with Gasteiger partial charge in [-0.15, -0.1) is 0 Å². The summed E-state index contributed by atoms with van der Waals surface area (Å²) >= 11 is 0. The highest BCUT2D eigenvalue weighted by molar-refractivity contribution is 6.06. The Hall–Kier alpha value is -2.99. The Bertz CT molecular complexity index is 1040. The number of ether oxygens (including phenoxy) is 3. The second-order valence-corrected chi connectivity index (χ2v) is 7.21. The summed E-state index contributed by atoms with van der Waals surface area (Å²) in [5.41, 5.74) is 4.01. The fourth-order valence-corrected chi connectivity index (χ4v) is 4.13. The highest BCUT2D eigenvalue weighted by Crippen LogP contribution is 2.39. The van der Waals surface area contributed by atoms with Gasteiger partial charge >= 0.3 is 0 Å². The van der Waals surface area contributed by atoms with Crippen molar-refractivity contribution in [3.8, 4) is 11.5 Å². The van der Waals surface area contributed by atoms with Crippen molar-refractivity contribution in [3.63, 3.8) is 0 Å². The molecule has 0 fully saturated rings. The van der Waals surface area contributed by atoms with Gasteiger partial charge < -0.3 is 24.1 Å². The number of amides is 1. The predicted octanol–water partition coefficient (Wildman–Crippen LogP) is 3.72. The zero-order valence-electron chi connectivity index (χ0n) is 17.0. The van der Waals surface area contributed by atoms with E-state index >= 15 is 0 Å². The van der Waals surface area contributed by atoms with Crippen molar-refractivity contribution in [2.24, 2.45) is 0 Å². The van der Waals surface area contributed by atoms with E-state index in [0.717, 1.165) is 41.6 Å². The Morgan fingerprint density at radius 3 is 2.69 bits per heavy atom. The van der Waals surface area contributed by atoms with Gasteiger partial charge in [-0.2, -0.15) is 0 Å². The van der Waals surface area contributed by atoms with Crippen LogP contribution in [-0.2, 0) is 17.7 Å². The highest BCUT2D eigenvalue weighted by Gasteiger charge is 2.27. The number of benzene rings is 2. The van der Waals surface area contributed by atoms with Crippen molar-refractivity contribution in [2.75, 3.05) is 27.9 Å². The molecule has 0 saturated heterocycles. The summed E-state index contributed by atoms with van der Waals surface area (Å²) in [6.45, 7) is 1.38. The molecule has 6 nitrogen and oxygen atoms in total. The van der Waals surface area contributed by atoms with Crippen LogP contribution in [0, 0.1) is 0 Å². The largest absolute Gasteiger partial charge is 0.493 e. The van der Waals surface area contributed by atoms with Crippen LogP contribution in [0.15, 0.2) is 42.6 Å². The third-order valence-electron chi connectivity index (χ3n) is 5.62. The highest BCUT2D eigenvalue weighted by atomic mass is 16.5. The maximum atomic E-state index is 13.1. The van der Waals surface area contributed by atoms with E-state index in [1.54, 1.807) is 21.3 Å². The maximum Gasteiger partial charge on any atom is 0.252 e. The normalized spacial score (nSPS) is 15.3. The van der Waals surface area contributed by atoms with E-state index in [2.05, 4.69) is 9.88 Å². The molecule has 0 unspecified atom stereocenters. The number of nitrogens with zero attached hydrogens (tertiary/aromatic N) is 1. The van der Waals surface area contributed by atoms with E-state index in [1.165, 1.54) is 5.56 Å². The Balaban J connectivity index is 1.59. The van der Waals surface area contributed by atoms with Crippen LogP contribution in [0.2, 0.25) is 0 Å². The van der Waals surface area contributed by atoms with Crippen molar-refractivity contribution in [2.45, 2.75) is 25.4 Å². The number of rotatable bonds is 7. The molecule has 1 aliphatic carbocycles. The van der Waals surface area contributed by atoms with Crippen LogP contribution in [0.1, 0.15) is 33.9 Å². The van der Waals surface area contributed by atoms with Gasteiger partial charge in [-0.3, -0.25) is 4.79 Å². The van der Waals surface area contributed by atoms with Crippen LogP contribution >= 0.6 is 0 Å². The topological polar surface area (TPSA) is 61.7 Å². The molecular formula is C23H26N2O4. The van der Waals surface area contributed by atoms with E-state index in [1.807, 2.05) is 42.6 Å². The van der Waals surface area contributed by atoms with Crippen LogP contribution in [-0.4, -0.2) is 38.4 Å². The fraction of sp³-hybridized carbons (Fsp3) is 0.348. The molecule has 4 rings (SSSR count). The minimum atomic E-state index is -0.0623. The Morgan fingerprint density at radius 1 is 1.14 bits per heavy atom. The Morgan fingerprint density at radius 2 is 1.93 bits per heavy atom. The summed E-state index contributed by atoms with van der Waals surface area (Å²) in [6.07, 6.45) is 3.77. The lowest BCUT2D eigenvalue weighted by atomic mass is 10.1. The number of methoxy groups -OCH3 is 3. The van der Waals surface area contributed by atoms with Crippen LogP contribution in [0.3, 0.4) is 0 Å². The number of carbonyl (C=O) groups excluding carboxylic acids is 1. The maximum absolute atomic E-state index is 13.1. The van der Waals surface area contributed by atoms with Crippen LogP contribution in [0.4, 0.5) is 0 Å². The van der Waals surface area contributed by atoms with E-state index in [0.29, 0.717) is 17.9 Å². The molecule has 0 saturated carbocycles. The molecule has 1 amide bonds. The molecule has 0 bridgehead atoms. The molecule has 0 aliphatic heterocycles. The lowest BCUT2D eigenvalue weighted by Crippen LogP contribution is -2.27. The van der Waals surface area contributed by atoms with E-state index in [-0.39, 0.29) is 11.9 Å². The quantitative estimate of drug-likeness (QED) is 0.663.